The minimum Gasteiger partial charge on any atom is -0.326 e. The molecule has 0 saturated carbocycles. The number of rotatable bonds is 7. The molecular weight excluding hydrogens is 438 g/mol. The van der Waals surface area contributed by atoms with E-state index in [-0.39, 0.29) is 21.4 Å². The molecule has 3 rings (SSSR count). The van der Waals surface area contributed by atoms with E-state index in [0.717, 1.165) is 5.56 Å². The lowest BCUT2D eigenvalue weighted by atomic mass is 10.2. The van der Waals surface area contributed by atoms with Gasteiger partial charge in [0.05, 0.1) is 15.5 Å². The molecule has 0 unspecified atom stereocenters. The Balaban J connectivity index is 1.75. The van der Waals surface area contributed by atoms with E-state index in [2.05, 4.69) is 14.8 Å². The molecule has 3 aromatic rings. The minimum atomic E-state index is -3.89. The van der Waals surface area contributed by atoms with Crippen molar-refractivity contribution in [1.82, 2.24) is 0 Å². The zero-order chi connectivity index (χ0) is 22.6. The van der Waals surface area contributed by atoms with Gasteiger partial charge in [0.25, 0.3) is 20.0 Å². The predicted molar refractivity (Wildman–Crippen MR) is 120 cm³/mol. The van der Waals surface area contributed by atoms with Gasteiger partial charge in [0.2, 0.25) is 5.91 Å². The van der Waals surface area contributed by atoms with E-state index in [1.54, 1.807) is 31.2 Å². The molecule has 31 heavy (non-hydrogen) atoms. The van der Waals surface area contributed by atoms with Gasteiger partial charge in [-0.15, -0.1) is 0 Å². The highest BCUT2D eigenvalue weighted by Crippen LogP contribution is 2.22. The summed E-state index contributed by atoms with van der Waals surface area (Å²) in [6, 6.07) is 18.0. The van der Waals surface area contributed by atoms with Crippen LogP contribution in [-0.2, 0) is 24.8 Å². The number of anilines is 3. The maximum Gasteiger partial charge on any atom is 0.261 e. The van der Waals surface area contributed by atoms with Crippen molar-refractivity contribution in [2.45, 2.75) is 23.6 Å². The second kappa shape index (κ2) is 8.78. The van der Waals surface area contributed by atoms with Crippen LogP contribution in [0.1, 0.15) is 12.5 Å². The quantitative estimate of drug-likeness (QED) is 0.499. The topological polar surface area (TPSA) is 121 Å². The molecular formula is C21H21N3O5S2. The third kappa shape index (κ3) is 5.62. The molecule has 1 amide bonds. The Morgan fingerprint density at radius 1 is 0.677 bits per heavy atom. The fourth-order valence-corrected chi connectivity index (χ4v) is 4.92. The van der Waals surface area contributed by atoms with E-state index >= 15 is 0 Å². The van der Waals surface area contributed by atoms with Gasteiger partial charge in [-0.25, -0.2) is 16.8 Å². The summed E-state index contributed by atoms with van der Waals surface area (Å²) in [4.78, 5) is 11.1. The smallest absolute Gasteiger partial charge is 0.261 e. The zero-order valence-corrected chi connectivity index (χ0v) is 18.4. The average molecular weight is 460 g/mol. The number of carbonyl (C=O) groups is 1. The third-order valence-electron chi connectivity index (χ3n) is 4.29. The van der Waals surface area contributed by atoms with Gasteiger partial charge in [0, 0.05) is 18.3 Å². The van der Waals surface area contributed by atoms with E-state index in [0.29, 0.717) is 11.4 Å². The van der Waals surface area contributed by atoms with Gasteiger partial charge >= 0.3 is 0 Å². The zero-order valence-electron chi connectivity index (χ0n) is 16.8. The molecule has 0 aromatic heterocycles. The number of nitrogens with one attached hydrogen (secondary N) is 3. The lowest BCUT2D eigenvalue weighted by Gasteiger charge is -2.12. The Labute approximate surface area is 181 Å². The molecule has 0 heterocycles. The first-order valence-electron chi connectivity index (χ1n) is 9.16. The van der Waals surface area contributed by atoms with Crippen LogP contribution in [0.2, 0.25) is 0 Å². The van der Waals surface area contributed by atoms with Crippen LogP contribution in [0.3, 0.4) is 0 Å². The van der Waals surface area contributed by atoms with Crippen LogP contribution < -0.4 is 14.8 Å². The molecule has 0 saturated heterocycles. The Hall–Kier alpha value is -3.37. The predicted octanol–water partition coefficient (Wildman–Crippen LogP) is 3.56. The fourth-order valence-electron chi connectivity index (χ4n) is 2.73. The SMILES string of the molecule is CC(=O)Nc1ccc(S(=O)(=O)Nc2ccc(S(=O)(=O)Nc3ccccc3C)cc2)cc1. The standard InChI is InChI=1S/C21H21N3O5S2/c1-15-5-3-4-6-21(15)24-31(28,29)20-13-9-18(10-14-20)23-30(26,27)19-11-7-17(8-12-19)22-16(2)25/h3-14,23-24H,1-2H3,(H,22,25). The minimum absolute atomic E-state index is 0.000445. The molecule has 0 bridgehead atoms. The van der Waals surface area contributed by atoms with Crippen molar-refractivity contribution in [2.75, 3.05) is 14.8 Å². The largest absolute Gasteiger partial charge is 0.326 e. The number of aryl methyl sites for hydroxylation is 1. The molecule has 0 spiro atoms. The summed E-state index contributed by atoms with van der Waals surface area (Å²) in [6.07, 6.45) is 0. The highest BCUT2D eigenvalue weighted by atomic mass is 32.2. The fraction of sp³-hybridized carbons (Fsp3) is 0.0952. The average Bonchev–Trinajstić information content (AvgIpc) is 2.70. The molecule has 10 heteroatoms. The first kappa shape index (κ1) is 22.3. The maximum absolute atomic E-state index is 12.6. The van der Waals surface area contributed by atoms with Gasteiger partial charge in [0.15, 0.2) is 0 Å². The van der Waals surface area contributed by atoms with E-state index in [4.69, 9.17) is 0 Å². The van der Waals surface area contributed by atoms with Crippen LogP contribution in [0.4, 0.5) is 17.1 Å². The number of benzene rings is 3. The first-order valence-corrected chi connectivity index (χ1v) is 12.1. The maximum atomic E-state index is 12.6. The summed E-state index contributed by atoms with van der Waals surface area (Å²) >= 11 is 0. The number of para-hydroxylation sites is 1. The molecule has 3 aromatic carbocycles. The number of amides is 1. The van der Waals surface area contributed by atoms with Crippen molar-refractivity contribution in [3.8, 4) is 0 Å². The summed E-state index contributed by atoms with van der Waals surface area (Å²) in [5.74, 6) is -0.263. The molecule has 0 aliphatic heterocycles. The van der Waals surface area contributed by atoms with Crippen molar-refractivity contribution < 1.29 is 21.6 Å². The van der Waals surface area contributed by atoms with Gasteiger partial charge in [-0.2, -0.15) is 0 Å². The first-order chi connectivity index (χ1) is 14.6. The van der Waals surface area contributed by atoms with Crippen molar-refractivity contribution in [3.63, 3.8) is 0 Å². The van der Waals surface area contributed by atoms with Crippen LogP contribution in [0, 0.1) is 6.92 Å². The summed E-state index contributed by atoms with van der Waals surface area (Å²) in [5, 5.41) is 2.56. The van der Waals surface area contributed by atoms with Gasteiger partial charge in [-0.3, -0.25) is 14.2 Å². The van der Waals surface area contributed by atoms with E-state index < -0.39 is 20.0 Å². The number of sulfonamides is 2. The van der Waals surface area contributed by atoms with Crippen molar-refractivity contribution in [3.05, 3.63) is 78.4 Å². The van der Waals surface area contributed by atoms with Crippen LogP contribution in [0.15, 0.2) is 82.6 Å². The van der Waals surface area contributed by atoms with Crippen LogP contribution in [0.5, 0.6) is 0 Å². The summed E-state index contributed by atoms with van der Waals surface area (Å²) in [7, 11) is -7.71. The second-order valence-electron chi connectivity index (χ2n) is 6.76. The van der Waals surface area contributed by atoms with Gasteiger partial charge in [-0.1, -0.05) is 18.2 Å². The number of hydrogen-bond donors (Lipinski definition) is 3. The van der Waals surface area contributed by atoms with Crippen molar-refractivity contribution in [1.29, 1.82) is 0 Å². The summed E-state index contributed by atoms with van der Waals surface area (Å²) in [5.41, 5.74) is 1.93. The number of carbonyl (C=O) groups excluding carboxylic acids is 1. The Morgan fingerprint density at radius 3 is 1.68 bits per heavy atom. The van der Waals surface area contributed by atoms with Crippen molar-refractivity contribution >= 4 is 43.0 Å². The van der Waals surface area contributed by atoms with Gasteiger partial charge in [0.1, 0.15) is 0 Å². The lowest BCUT2D eigenvalue weighted by Crippen LogP contribution is -2.15. The van der Waals surface area contributed by atoms with E-state index in [1.165, 1.54) is 55.5 Å². The molecule has 0 atom stereocenters. The normalized spacial score (nSPS) is 11.5. The Morgan fingerprint density at radius 2 is 1.16 bits per heavy atom. The molecule has 0 fully saturated rings. The monoisotopic (exact) mass is 459 g/mol. The van der Waals surface area contributed by atoms with Gasteiger partial charge < -0.3 is 5.32 Å². The van der Waals surface area contributed by atoms with E-state index in [9.17, 15) is 21.6 Å². The van der Waals surface area contributed by atoms with Gasteiger partial charge in [-0.05, 0) is 67.1 Å². The van der Waals surface area contributed by atoms with E-state index in [1.807, 2.05) is 0 Å². The lowest BCUT2D eigenvalue weighted by molar-refractivity contribution is -0.114. The molecule has 8 nitrogen and oxygen atoms in total. The van der Waals surface area contributed by atoms with Crippen molar-refractivity contribution in [2.24, 2.45) is 0 Å². The highest BCUT2D eigenvalue weighted by Gasteiger charge is 2.17. The second-order valence-corrected chi connectivity index (χ2v) is 10.1. The number of hydrogen-bond acceptors (Lipinski definition) is 5. The highest BCUT2D eigenvalue weighted by molar-refractivity contribution is 7.93. The molecule has 162 valence electrons. The molecule has 0 aliphatic carbocycles. The molecule has 3 N–H and O–H groups in total. The molecule has 0 radical (unpaired) electrons. The van der Waals surface area contributed by atoms with Crippen LogP contribution >= 0.6 is 0 Å². The Bertz CT molecular complexity index is 1300. The Kier molecular flexibility index (Phi) is 6.32. The third-order valence-corrected chi connectivity index (χ3v) is 7.07. The summed E-state index contributed by atoms with van der Waals surface area (Å²) in [6.45, 7) is 3.14. The summed E-state index contributed by atoms with van der Waals surface area (Å²) < 4.78 is 55.3. The van der Waals surface area contributed by atoms with Crippen LogP contribution in [-0.4, -0.2) is 22.7 Å². The van der Waals surface area contributed by atoms with Crippen LogP contribution in [0.25, 0.3) is 0 Å². The molecule has 0 aliphatic rings.